The molecule has 9 atom stereocenters. The van der Waals surface area contributed by atoms with Crippen LogP contribution in [0.25, 0.3) is 0 Å². The fourth-order valence-corrected chi connectivity index (χ4v) is 8.56. The lowest BCUT2D eigenvalue weighted by molar-refractivity contribution is -0.144. The molecule has 28 nitrogen and oxygen atoms in total. The van der Waals surface area contributed by atoms with Gasteiger partial charge in [-0.15, -0.1) is 0 Å². The van der Waals surface area contributed by atoms with Gasteiger partial charge < -0.3 is 79.3 Å². The summed E-state index contributed by atoms with van der Waals surface area (Å²) in [4.78, 5) is 170. The Kier molecular flexibility index (Phi) is 31.5. The molecule has 0 radical (unpaired) electrons. The van der Waals surface area contributed by atoms with Gasteiger partial charge in [0.15, 0.2) is 0 Å². The van der Waals surface area contributed by atoms with Crippen molar-refractivity contribution >= 4 is 77.0 Å². The van der Waals surface area contributed by atoms with E-state index in [1.54, 1.807) is 55.4 Å². The quantitative estimate of drug-likeness (QED) is 0.0310. The highest BCUT2D eigenvalue weighted by Gasteiger charge is 2.40. The Bertz CT molecular complexity index is 2120. The Morgan fingerprint density at radius 3 is 1.42 bits per heavy atom. The molecule has 1 aliphatic rings. The molecule has 1 saturated heterocycles. The van der Waals surface area contributed by atoms with E-state index in [1.807, 2.05) is 0 Å². The number of hydrogen-bond donors (Lipinski definition) is 14. The predicted molar refractivity (Wildman–Crippen MR) is 284 cm³/mol. The number of aliphatic carboxylic acids is 4. The number of nitrogens with two attached hydrogens (primary N) is 2. The highest BCUT2D eigenvalue weighted by Crippen LogP contribution is 2.21. The van der Waals surface area contributed by atoms with E-state index >= 15 is 0 Å². The van der Waals surface area contributed by atoms with Crippen LogP contribution in [0.1, 0.15) is 145 Å². The number of likely N-dealkylation sites (tertiary alicyclic amines) is 1. The molecular weight excluding hydrogens is 1040 g/mol. The van der Waals surface area contributed by atoms with E-state index < -0.39 is 164 Å². The summed E-state index contributed by atoms with van der Waals surface area (Å²) in [5.41, 5.74) is 11.5. The standard InChI is InChI=1S/C51H87N11O17/c1-26(2)20-33(46(73)59-35(24-42(68)69)48(75)61-37(51(78)79)23-29(7)8)55-39(63)25-54-49(76)38-13-11-19-62(38)50(77)36(22-28(5)6)60-47(74)34(21-27(3)4)58-44(71)31(12-9-10-18-52)57-45(72)32(15-17-41(66)67)56-43(70)30(53)14-16-40(64)65/h26-38H,9-25,52-53H2,1-8H3,(H,54,76)(H,55,63)(H,56,70)(H,57,72)(H,58,71)(H,59,73)(H,60,74)(H,61,75)(H,64,65)(H,66,67)(H,68,69)(H,78,79)/t30-,31-,32-,33-,34-,35-,36-,37-,38-/m0/s1. The Balaban J connectivity index is 3.31. The van der Waals surface area contributed by atoms with Gasteiger partial charge in [0.25, 0.3) is 0 Å². The number of nitrogens with one attached hydrogen (secondary N) is 8. The highest BCUT2D eigenvalue weighted by atomic mass is 16.4. The van der Waals surface area contributed by atoms with E-state index in [0.717, 1.165) is 0 Å². The summed E-state index contributed by atoms with van der Waals surface area (Å²) < 4.78 is 0. The van der Waals surface area contributed by atoms with E-state index in [-0.39, 0.29) is 81.7 Å². The van der Waals surface area contributed by atoms with Crippen molar-refractivity contribution in [2.45, 2.75) is 200 Å². The minimum atomic E-state index is -1.71. The van der Waals surface area contributed by atoms with Gasteiger partial charge in [0, 0.05) is 19.4 Å². The third-order valence-corrected chi connectivity index (χ3v) is 12.5. The van der Waals surface area contributed by atoms with E-state index in [2.05, 4.69) is 42.5 Å². The fourth-order valence-electron chi connectivity index (χ4n) is 8.56. The second-order valence-electron chi connectivity index (χ2n) is 21.6. The van der Waals surface area contributed by atoms with Crippen LogP contribution >= 0.6 is 0 Å². The summed E-state index contributed by atoms with van der Waals surface area (Å²) in [7, 11) is 0. The molecule has 79 heavy (non-hydrogen) atoms. The molecule has 1 aliphatic heterocycles. The topological polar surface area (TPSA) is 454 Å². The summed E-state index contributed by atoms with van der Waals surface area (Å²) >= 11 is 0. The minimum Gasteiger partial charge on any atom is -0.481 e. The average Bonchev–Trinajstić information content (AvgIpc) is 3.84. The van der Waals surface area contributed by atoms with Crippen molar-refractivity contribution in [1.29, 1.82) is 0 Å². The summed E-state index contributed by atoms with van der Waals surface area (Å²) in [6.45, 7) is 13.7. The van der Waals surface area contributed by atoms with Crippen LogP contribution in [0.2, 0.25) is 0 Å². The summed E-state index contributed by atoms with van der Waals surface area (Å²) in [5.74, 6) is -13.8. The molecule has 1 fully saturated rings. The van der Waals surface area contributed by atoms with E-state index in [4.69, 9.17) is 16.6 Å². The molecule has 9 amide bonds. The zero-order chi connectivity index (χ0) is 60.3. The second-order valence-corrected chi connectivity index (χ2v) is 21.6. The Morgan fingerprint density at radius 2 is 0.911 bits per heavy atom. The van der Waals surface area contributed by atoms with Gasteiger partial charge in [-0.25, -0.2) is 4.79 Å². The number of hydrogen-bond acceptors (Lipinski definition) is 15. The summed E-state index contributed by atoms with van der Waals surface area (Å²) in [5, 5.41) is 57.3. The molecule has 0 bridgehead atoms. The Morgan fingerprint density at radius 1 is 0.494 bits per heavy atom. The van der Waals surface area contributed by atoms with Crippen molar-refractivity contribution in [1.82, 2.24) is 47.4 Å². The first-order valence-corrected chi connectivity index (χ1v) is 26.9. The molecule has 448 valence electrons. The van der Waals surface area contributed by atoms with Gasteiger partial charge in [-0.2, -0.15) is 0 Å². The average molecular weight is 1130 g/mol. The van der Waals surface area contributed by atoms with Gasteiger partial charge >= 0.3 is 23.9 Å². The zero-order valence-electron chi connectivity index (χ0n) is 46.7. The number of carboxylic acids is 4. The van der Waals surface area contributed by atoms with Crippen LogP contribution in [0.3, 0.4) is 0 Å². The van der Waals surface area contributed by atoms with Crippen LogP contribution in [0.4, 0.5) is 0 Å². The van der Waals surface area contributed by atoms with Crippen molar-refractivity contribution in [3.63, 3.8) is 0 Å². The lowest BCUT2D eigenvalue weighted by Crippen LogP contribution is -2.60. The summed E-state index contributed by atoms with van der Waals surface area (Å²) in [6.07, 6.45) is -1.20. The molecule has 0 aliphatic carbocycles. The van der Waals surface area contributed by atoms with Crippen LogP contribution in [0.5, 0.6) is 0 Å². The Hall–Kier alpha value is -6.97. The SMILES string of the molecule is CC(C)C[C@H](NC(=O)[C@H](CC(=O)O)NC(=O)[C@H](CC(C)C)NC(=O)CNC(=O)[C@@H]1CCCN1C(=O)[C@H](CC(C)C)NC(=O)[C@H](CC(C)C)NC(=O)[C@H](CCCCN)NC(=O)[C@H](CCC(=O)O)NC(=O)[C@@H](N)CCC(=O)O)C(=O)O. The third-order valence-electron chi connectivity index (χ3n) is 12.5. The summed E-state index contributed by atoms with van der Waals surface area (Å²) in [6, 6.07) is -12.2. The van der Waals surface area contributed by atoms with Crippen LogP contribution in [0.15, 0.2) is 0 Å². The van der Waals surface area contributed by atoms with Crippen molar-refractivity contribution < 1.29 is 82.8 Å². The lowest BCUT2D eigenvalue weighted by Gasteiger charge is -2.31. The Labute approximate surface area is 460 Å². The normalized spacial score (nSPS) is 16.3. The van der Waals surface area contributed by atoms with Crippen LogP contribution in [-0.2, 0) is 62.3 Å². The smallest absolute Gasteiger partial charge is 0.326 e. The van der Waals surface area contributed by atoms with Crippen molar-refractivity contribution in [3.05, 3.63) is 0 Å². The van der Waals surface area contributed by atoms with Gasteiger partial charge in [0.05, 0.1) is 19.0 Å². The second kappa shape index (κ2) is 35.5. The molecule has 0 aromatic rings. The molecule has 1 heterocycles. The molecule has 0 unspecified atom stereocenters. The monoisotopic (exact) mass is 1130 g/mol. The largest absolute Gasteiger partial charge is 0.481 e. The lowest BCUT2D eigenvalue weighted by atomic mass is 9.99. The van der Waals surface area contributed by atoms with E-state index in [9.17, 15) is 77.6 Å². The zero-order valence-corrected chi connectivity index (χ0v) is 46.7. The fraction of sp³-hybridized carbons (Fsp3) is 0.745. The maximum atomic E-state index is 14.4. The van der Waals surface area contributed by atoms with E-state index in [0.29, 0.717) is 19.3 Å². The van der Waals surface area contributed by atoms with Gasteiger partial charge in [-0.05, 0) is 101 Å². The number of carbonyl (C=O) groups excluding carboxylic acids is 9. The first-order valence-electron chi connectivity index (χ1n) is 26.9. The predicted octanol–water partition coefficient (Wildman–Crippen LogP) is -1.58. The number of nitrogens with zero attached hydrogens (tertiary/aromatic N) is 1. The number of carbonyl (C=O) groups is 13. The van der Waals surface area contributed by atoms with Gasteiger partial charge in [0.1, 0.15) is 48.3 Å². The van der Waals surface area contributed by atoms with Gasteiger partial charge in [-0.3, -0.25) is 57.5 Å². The van der Waals surface area contributed by atoms with Crippen LogP contribution < -0.4 is 54.0 Å². The first-order chi connectivity index (χ1) is 36.9. The molecule has 0 spiro atoms. The van der Waals surface area contributed by atoms with Crippen LogP contribution in [0, 0.1) is 23.7 Å². The first kappa shape index (κ1) is 70.0. The molecule has 0 aromatic heterocycles. The van der Waals surface area contributed by atoms with E-state index in [1.165, 1.54) is 4.90 Å². The minimum absolute atomic E-state index is 0.00329. The van der Waals surface area contributed by atoms with Crippen molar-refractivity contribution in [2.24, 2.45) is 35.1 Å². The van der Waals surface area contributed by atoms with Crippen molar-refractivity contribution in [2.75, 3.05) is 19.6 Å². The molecule has 0 aromatic carbocycles. The highest BCUT2D eigenvalue weighted by molar-refractivity contribution is 5.98. The maximum absolute atomic E-state index is 14.4. The number of carboxylic acid groups (broad SMARTS) is 4. The number of amides is 9. The molecule has 16 N–H and O–H groups in total. The third kappa shape index (κ3) is 27.5. The van der Waals surface area contributed by atoms with Gasteiger partial charge in [-0.1, -0.05) is 55.4 Å². The maximum Gasteiger partial charge on any atom is 0.326 e. The van der Waals surface area contributed by atoms with Crippen molar-refractivity contribution in [3.8, 4) is 0 Å². The molecule has 0 saturated carbocycles. The molecule has 28 heteroatoms. The van der Waals surface area contributed by atoms with Gasteiger partial charge in [0.2, 0.25) is 53.2 Å². The number of unbranched alkanes of at least 4 members (excludes halogenated alkanes) is 1. The molecular formula is C51H87N11O17. The number of rotatable bonds is 38. The molecule has 1 rings (SSSR count). The van der Waals surface area contributed by atoms with Crippen LogP contribution in [-0.4, -0.2) is 176 Å².